The molecule has 0 radical (unpaired) electrons. The molecule has 262 valence electrons. The molecule has 2 rings (SSSR count). The van der Waals surface area contributed by atoms with Crippen molar-refractivity contribution in [1.82, 2.24) is 21.3 Å². The molecule has 0 bridgehead atoms. The molecule has 0 spiro atoms. The first-order valence-corrected chi connectivity index (χ1v) is 17.5. The molecule has 0 aliphatic rings. The topological polar surface area (TPSA) is 187 Å². The Balaban J connectivity index is 2.00. The van der Waals surface area contributed by atoms with E-state index < -0.39 is 60.6 Å². The number of hydrogen-bond acceptors (Lipinski definition) is 12. The van der Waals surface area contributed by atoms with Crippen molar-refractivity contribution < 1.29 is 47.7 Å². The summed E-state index contributed by atoms with van der Waals surface area (Å²) in [4.78, 5) is 75.4. The van der Waals surface area contributed by atoms with Gasteiger partial charge in [0.25, 0.3) is 0 Å². The number of rotatable bonds is 19. The third-order valence-corrected chi connectivity index (χ3v) is 8.75. The lowest BCUT2D eigenvalue weighted by Crippen LogP contribution is -2.56. The van der Waals surface area contributed by atoms with Crippen molar-refractivity contribution in [3.8, 4) is 0 Å². The third-order valence-electron chi connectivity index (χ3n) is 6.32. The number of alkyl carbamates (subject to hydrolysis) is 2. The van der Waals surface area contributed by atoms with E-state index >= 15 is 0 Å². The number of esters is 2. The Hall–Kier alpha value is -4.44. The van der Waals surface area contributed by atoms with E-state index in [0.717, 1.165) is 32.7 Å². The molecular formula is C32H42N4O10S2. The van der Waals surface area contributed by atoms with Gasteiger partial charge < -0.3 is 40.2 Å². The summed E-state index contributed by atoms with van der Waals surface area (Å²) in [5.41, 5.74) is 1.53. The molecule has 2 aromatic rings. The number of hydrogen-bond donors (Lipinski definition) is 4. The Morgan fingerprint density at radius 3 is 1.71 bits per heavy atom. The van der Waals surface area contributed by atoms with Crippen LogP contribution in [0, 0.1) is 5.92 Å². The van der Waals surface area contributed by atoms with Crippen LogP contribution in [-0.4, -0.2) is 85.8 Å². The molecule has 16 heteroatoms. The van der Waals surface area contributed by atoms with Crippen molar-refractivity contribution in [1.29, 1.82) is 0 Å². The van der Waals surface area contributed by atoms with Crippen molar-refractivity contribution in [2.75, 3.05) is 31.8 Å². The Bertz CT molecular complexity index is 1330. The standard InChI is InChI=1S/C32H42N4O10S2/c1-5-44-26(37)16-33-28(38)24(34-29(39)27(21(2)3)36-32(42)46-18-23-14-10-7-11-15-23)19-47-48-20-25(30(40)43-4)35-31(41)45-17-22-12-8-6-9-13-22/h6-15,21,24-25,27H,5,16-20H2,1-4H3,(H,33,38)(H,34,39)(H,35,41)(H,36,42)/t24-,25+,27-/m1/s1. The fraction of sp³-hybridized carbons (Fsp3) is 0.438. The fourth-order valence-electron chi connectivity index (χ4n) is 3.82. The van der Waals surface area contributed by atoms with Gasteiger partial charge in [0, 0.05) is 11.5 Å². The summed E-state index contributed by atoms with van der Waals surface area (Å²) in [5, 5.41) is 10.1. The average Bonchev–Trinajstić information content (AvgIpc) is 3.08. The van der Waals surface area contributed by atoms with Gasteiger partial charge in [-0.1, -0.05) is 96.1 Å². The van der Waals surface area contributed by atoms with Gasteiger partial charge in [0.05, 0.1) is 13.7 Å². The minimum Gasteiger partial charge on any atom is -0.467 e. The fourth-order valence-corrected chi connectivity index (χ4v) is 6.13. The molecule has 2 aromatic carbocycles. The number of carbonyl (C=O) groups is 6. The summed E-state index contributed by atoms with van der Waals surface area (Å²) in [6.45, 7) is 4.76. The first kappa shape index (κ1) is 39.7. The van der Waals surface area contributed by atoms with E-state index in [9.17, 15) is 28.8 Å². The predicted octanol–water partition coefficient (Wildman–Crippen LogP) is 2.95. The molecule has 0 aliphatic heterocycles. The van der Waals surface area contributed by atoms with Crippen LogP contribution >= 0.6 is 21.6 Å². The first-order valence-electron chi connectivity index (χ1n) is 15.0. The zero-order chi connectivity index (χ0) is 35.3. The molecule has 0 saturated carbocycles. The van der Waals surface area contributed by atoms with E-state index in [2.05, 4.69) is 21.3 Å². The van der Waals surface area contributed by atoms with Gasteiger partial charge in [-0.05, 0) is 24.0 Å². The van der Waals surface area contributed by atoms with Crippen molar-refractivity contribution in [2.45, 2.75) is 52.1 Å². The highest BCUT2D eigenvalue weighted by Gasteiger charge is 2.30. The summed E-state index contributed by atoms with van der Waals surface area (Å²) in [6.07, 6.45) is -1.64. The average molecular weight is 707 g/mol. The van der Waals surface area contributed by atoms with Crippen LogP contribution in [0.4, 0.5) is 9.59 Å². The summed E-state index contributed by atoms with van der Waals surface area (Å²) < 4.78 is 20.1. The smallest absolute Gasteiger partial charge is 0.408 e. The molecule has 0 aliphatic carbocycles. The Morgan fingerprint density at radius 2 is 1.21 bits per heavy atom. The van der Waals surface area contributed by atoms with E-state index in [-0.39, 0.29) is 37.2 Å². The highest BCUT2D eigenvalue weighted by Crippen LogP contribution is 2.24. The quantitative estimate of drug-likeness (QED) is 0.0725. The Kier molecular flexibility index (Phi) is 18.4. The zero-order valence-electron chi connectivity index (χ0n) is 27.2. The first-order chi connectivity index (χ1) is 23.0. The normalized spacial score (nSPS) is 12.4. The maximum absolute atomic E-state index is 13.3. The molecular weight excluding hydrogens is 665 g/mol. The summed E-state index contributed by atoms with van der Waals surface area (Å²) >= 11 is 0. The second-order valence-electron chi connectivity index (χ2n) is 10.4. The van der Waals surface area contributed by atoms with Gasteiger partial charge in [0.15, 0.2) is 0 Å². The lowest BCUT2D eigenvalue weighted by molar-refractivity contribution is -0.143. The molecule has 3 atom stereocenters. The number of benzene rings is 2. The molecule has 0 saturated heterocycles. The van der Waals surface area contributed by atoms with Crippen LogP contribution in [0.15, 0.2) is 60.7 Å². The Morgan fingerprint density at radius 1 is 0.688 bits per heavy atom. The van der Waals surface area contributed by atoms with E-state index in [0.29, 0.717) is 0 Å². The summed E-state index contributed by atoms with van der Waals surface area (Å²) in [5.74, 6) is -3.06. The number of carbonyl (C=O) groups excluding carboxylic acids is 6. The third kappa shape index (κ3) is 15.4. The van der Waals surface area contributed by atoms with Gasteiger partial charge in [-0.25, -0.2) is 14.4 Å². The lowest BCUT2D eigenvalue weighted by atomic mass is 10.0. The summed E-state index contributed by atoms with van der Waals surface area (Å²) in [7, 11) is 3.43. The van der Waals surface area contributed by atoms with Crippen LogP contribution in [-0.2, 0) is 51.3 Å². The molecule has 0 fully saturated rings. The van der Waals surface area contributed by atoms with Crippen LogP contribution in [0.1, 0.15) is 31.9 Å². The van der Waals surface area contributed by atoms with Gasteiger partial charge in [-0.15, -0.1) is 0 Å². The minimum atomic E-state index is -1.16. The maximum atomic E-state index is 13.3. The lowest BCUT2D eigenvalue weighted by Gasteiger charge is -2.25. The van der Waals surface area contributed by atoms with Crippen LogP contribution in [0.2, 0.25) is 0 Å². The van der Waals surface area contributed by atoms with Crippen LogP contribution in [0.3, 0.4) is 0 Å². The summed E-state index contributed by atoms with van der Waals surface area (Å²) in [6, 6.07) is 14.7. The van der Waals surface area contributed by atoms with Gasteiger partial charge in [0.1, 0.15) is 37.9 Å². The SMILES string of the molecule is CCOC(=O)CNC(=O)[C@@H](CSSC[C@H](NC(=O)OCc1ccccc1)C(=O)OC)NC(=O)[C@H](NC(=O)OCc1ccccc1)C(C)C. The number of ether oxygens (including phenoxy) is 4. The van der Waals surface area contributed by atoms with Crippen LogP contribution < -0.4 is 21.3 Å². The number of methoxy groups -OCH3 is 1. The minimum absolute atomic E-state index is 0.00171. The second-order valence-corrected chi connectivity index (χ2v) is 12.9. The highest BCUT2D eigenvalue weighted by atomic mass is 33.1. The molecule has 48 heavy (non-hydrogen) atoms. The van der Waals surface area contributed by atoms with Gasteiger partial charge in [-0.3, -0.25) is 14.4 Å². The molecule has 0 aromatic heterocycles. The van der Waals surface area contributed by atoms with Crippen molar-refractivity contribution >= 4 is 57.5 Å². The molecule has 0 heterocycles. The molecule has 14 nitrogen and oxygen atoms in total. The number of nitrogens with one attached hydrogen (secondary N) is 4. The van der Waals surface area contributed by atoms with E-state index in [1.807, 2.05) is 12.1 Å². The predicted molar refractivity (Wildman–Crippen MR) is 180 cm³/mol. The Labute approximate surface area is 287 Å². The molecule has 4 amide bonds. The van der Waals surface area contributed by atoms with Crippen LogP contribution in [0.5, 0.6) is 0 Å². The highest BCUT2D eigenvalue weighted by molar-refractivity contribution is 8.76. The maximum Gasteiger partial charge on any atom is 0.408 e. The zero-order valence-corrected chi connectivity index (χ0v) is 28.9. The van der Waals surface area contributed by atoms with Crippen LogP contribution in [0.25, 0.3) is 0 Å². The van der Waals surface area contributed by atoms with Gasteiger partial charge in [-0.2, -0.15) is 0 Å². The largest absolute Gasteiger partial charge is 0.467 e. The monoisotopic (exact) mass is 706 g/mol. The van der Waals surface area contributed by atoms with Crippen molar-refractivity contribution in [3.05, 3.63) is 71.8 Å². The van der Waals surface area contributed by atoms with Gasteiger partial charge >= 0.3 is 24.1 Å². The van der Waals surface area contributed by atoms with Crippen molar-refractivity contribution in [3.63, 3.8) is 0 Å². The van der Waals surface area contributed by atoms with E-state index in [1.165, 1.54) is 7.11 Å². The molecule has 0 unspecified atom stereocenters. The molecule has 4 N–H and O–H groups in total. The van der Waals surface area contributed by atoms with E-state index in [4.69, 9.17) is 18.9 Å². The number of amides is 4. The van der Waals surface area contributed by atoms with Crippen molar-refractivity contribution in [2.24, 2.45) is 5.92 Å². The van der Waals surface area contributed by atoms with E-state index in [1.54, 1.807) is 69.3 Å². The van der Waals surface area contributed by atoms with Gasteiger partial charge in [0.2, 0.25) is 11.8 Å². The second kappa shape index (κ2) is 22.2.